The summed E-state index contributed by atoms with van der Waals surface area (Å²) < 4.78 is 13.0. The standard InChI is InChI=1S/C19H17Cl2N3O3/c1-24-9-8-22-18(24)11-26-14-4-2-13(3-5-14)23-19(25)12-27-15-6-7-16(20)17(21)10-15/h2-10H,11-12H2,1H3,(H,23,25). The number of imidazole rings is 1. The molecule has 0 fully saturated rings. The van der Waals surface area contributed by atoms with Crippen LogP contribution in [0.15, 0.2) is 54.9 Å². The predicted octanol–water partition coefficient (Wildman–Crippen LogP) is 4.32. The highest BCUT2D eigenvalue weighted by molar-refractivity contribution is 6.42. The maximum absolute atomic E-state index is 12.0. The molecule has 0 saturated carbocycles. The van der Waals surface area contributed by atoms with Gasteiger partial charge in [0.1, 0.15) is 23.9 Å². The van der Waals surface area contributed by atoms with E-state index in [2.05, 4.69) is 10.3 Å². The normalized spacial score (nSPS) is 10.5. The van der Waals surface area contributed by atoms with Crippen molar-refractivity contribution >= 4 is 34.8 Å². The lowest BCUT2D eigenvalue weighted by molar-refractivity contribution is -0.118. The van der Waals surface area contributed by atoms with Crippen LogP contribution in [0, 0.1) is 0 Å². The third-order valence-corrected chi connectivity index (χ3v) is 4.43. The summed E-state index contributed by atoms with van der Waals surface area (Å²) in [4.78, 5) is 16.2. The molecule has 3 aromatic rings. The minimum absolute atomic E-state index is 0.143. The second-order valence-electron chi connectivity index (χ2n) is 5.68. The van der Waals surface area contributed by atoms with Gasteiger partial charge in [-0.05, 0) is 36.4 Å². The summed E-state index contributed by atoms with van der Waals surface area (Å²) in [5.41, 5.74) is 0.641. The van der Waals surface area contributed by atoms with Crippen molar-refractivity contribution in [1.82, 2.24) is 9.55 Å². The van der Waals surface area contributed by atoms with E-state index in [1.54, 1.807) is 48.7 Å². The number of carbonyl (C=O) groups is 1. The molecule has 3 rings (SSSR count). The summed E-state index contributed by atoms with van der Waals surface area (Å²) in [6.45, 7) is 0.224. The number of hydrogen-bond acceptors (Lipinski definition) is 4. The van der Waals surface area contributed by atoms with E-state index in [1.165, 1.54) is 0 Å². The largest absolute Gasteiger partial charge is 0.486 e. The van der Waals surface area contributed by atoms with Crippen molar-refractivity contribution in [2.24, 2.45) is 7.05 Å². The highest BCUT2D eigenvalue weighted by Gasteiger charge is 2.06. The smallest absolute Gasteiger partial charge is 0.262 e. The molecule has 0 unspecified atom stereocenters. The number of rotatable bonds is 7. The first-order valence-electron chi connectivity index (χ1n) is 8.08. The fraction of sp³-hybridized carbons (Fsp3) is 0.158. The summed E-state index contributed by atoms with van der Waals surface area (Å²) >= 11 is 11.8. The van der Waals surface area contributed by atoms with Crippen LogP contribution in [-0.4, -0.2) is 22.1 Å². The number of hydrogen-bond donors (Lipinski definition) is 1. The SMILES string of the molecule is Cn1ccnc1COc1ccc(NC(=O)COc2ccc(Cl)c(Cl)c2)cc1. The Bertz CT molecular complexity index is 926. The van der Waals surface area contributed by atoms with Crippen LogP contribution in [0.4, 0.5) is 5.69 Å². The minimum atomic E-state index is -0.289. The molecule has 27 heavy (non-hydrogen) atoms. The van der Waals surface area contributed by atoms with Gasteiger partial charge in [0.15, 0.2) is 6.61 Å². The van der Waals surface area contributed by atoms with Crippen molar-refractivity contribution in [3.8, 4) is 11.5 Å². The fourth-order valence-electron chi connectivity index (χ4n) is 2.23. The molecule has 0 aliphatic carbocycles. The average Bonchev–Trinajstić information content (AvgIpc) is 3.07. The Morgan fingerprint density at radius 2 is 1.81 bits per heavy atom. The Morgan fingerprint density at radius 3 is 2.48 bits per heavy atom. The lowest BCUT2D eigenvalue weighted by Crippen LogP contribution is -2.20. The van der Waals surface area contributed by atoms with Gasteiger partial charge in [0.05, 0.1) is 10.0 Å². The number of aryl methyl sites for hydroxylation is 1. The summed E-state index contributed by atoms with van der Waals surface area (Å²) in [5.74, 6) is 1.69. The summed E-state index contributed by atoms with van der Waals surface area (Å²) in [5, 5.41) is 3.55. The van der Waals surface area contributed by atoms with E-state index >= 15 is 0 Å². The Labute approximate surface area is 166 Å². The van der Waals surface area contributed by atoms with Gasteiger partial charge in [-0.2, -0.15) is 0 Å². The Balaban J connectivity index is 1.47. The number of ether oxygens (including phenoxy) is 2. The zero-order valence-electron chi connectivity index (χ0n) is 14.5. The second kappa shape index (κ2) is 8.79. The number of anilines is 1. The van der Waals surface area contributed by atoms with Gasteiger partial charge >= 0.3 is 0 Å². The molecule has 0 bridgehead atoms. The lowest BCUT2D eigenvalue weighted by atomic mass is 10.3. The van der Waals surface area contributed by atoms with Crippen LogP contribution >= 0.6 is 23.2 Å². The number of aromatic nitrogens is 2. The first kappa shape index (κ1) is 19.1. The summed E-state index contributed by atoms with van der Waals surface area (Å²) in [7, 11) is 1.91. The van der Waals surface area contributed by atoms with Gasteiger partial charge in [-0.1, -0.05) is 23.2 Å². The molecule has 0 aliphatic heterocycles. The van der Waals surface area contributed by atoms with Crippen LogP contribution in [-0.2, 0) is 18.4 Å². The number of amides is 1. The molecule has 8 heteroatoms. The number of carbonyl (C=O) groups excluding carboxylic acids is 1. The van der Waals surface area contributed by atoms with Gasteiger partial charge in [-0.25, -0.2) is 4.98 Å². The molecule has 1 aromatic heterocycles. The van der Waals surface area contributed by atoms with Crippen LogP contribution < -0.4 is 14.8 Å². The van der Waals surface area contributed by atoms with Crippen molar-refractivity contribution in [3.63, 3.8) is 0 Å². The van der Waals surface area contributed by atoms with Crippen LogP contribution in [0.5, 0.6) is 11.5 Å². The minimum Gasteiger partial charge on any atom is -0.486 e. The fourth-order valence-corrected chi connectivity index (χ4v) is 2.52. The zero-order valence-corrected chi connectivity index (χ0v) is 16.0. The molecule has 0 saturated heterocycles. The molecule has 0 atom stereocenters. The van der Waals surface area contributed by atoms with Crippen LogP contribution in [0.1, 0.15) is 5.82 Å². The third-order valence-electron chi connectivity index (χ3n) is 3.69. The quantitative estimate of drug-likeness (QED) is 0.635. The molecule has 0 aliphatic rings. The molecule has 0 radical (unpaired) electrons. The lowest BCUT2D eigenvalue weighted by Gasteiger charge is -2.10. The number of nitrogens with one attached hydrogen (secondary N) is 1. The van der Waals surface area contributed by atoms with Gasteiger partial charge in [-0.15, -0.1) is 0 Å². The monoisotopic (exact) mass is 405 g/mol. The van der Waals surface area contributed by atoms with E-state index in [0.717, 1.165) is 5.82 Å². The molecule has 6 nitrogen and oxygen atoms in total. The molecule has 2 aromatic carbocycles. The average molecular weight is 406 g/mol. The van der Waals surface area contributed by atoms with Gasteiger partial charge in [0, 0.05) is 31.2 Å². The molecular formula is C19H17Cl2N3O3. The van der Waals surface area contributed by atoms with Gasteiger partial charge in [0.25, 0.3) is 5.91 Å². The van der Waals surface area contributed by atoms with Crippen LogP contribution in [0.2, 0.25) is 10.0 Å². The Kier molecular flexibility index (Phi) is 6.21. The van der Waals surface area contributed by atoms with E-state index in [-0.39, 0.29) is 12.5 Å². The van der Waals surface area contributed by atoms with Crippen molar-refractivity contribution in [2.75, 3.05) is 11.9 Å². The molecule has 140 valence electrons. The molecular weight excluding hydrogens is 389 g/mol. The van der Waals surface area contributed by atoms with Crippen molar-refractivity contribution in [2.45, 2.75) is 6.61 Å². The van der Waals surface area contributed by atoms with Gasteiger partial charge in [0.2, 0.25) is 0 Å². The first-order chi connectivity index (χ1) is 13.0. The molecule has 1 amide bonds. The Morgan fingerprint density at radius 1 is 1.07 bits per heavy atom. The number of benzene rings is 2. The van der Waals surface area contributed by atoms with Gasteiger partial charge < -0.3 is 19.4 Å². The number of halogens is 2. The second-order valence-corrected chi connectivity index (χ2v) is 6.49. The van der Waals surface area contributed by atoms with Crippen molar-refractivity contribution in [1.29, 1.82) is 0 Å². The molecule has 1 N–H and O–H groups in total. The van der Waals surface area contributed by atoms with Crippen LogP contribution in [0.3, 0.4) is 0 Å². The zero-order chi connectivity index (χ0) is 19.2. The Hall–Kier alpha value is -2.70. The highest BCUT2D eigenvalue weighted by atomic mass is 35.5. The van der Waals surface area contributed by atoms with E-state index in [1.807, 2.05) is 17.8 Å². The topological polar surface area (TPSA) is 65.4 Å². The van der Waals surface area contributed by atoms with Crippen molar-refractivity contribution in [3.05, 3.63) is 70.7 Å². The maximum Gasteiger partial charge on any atom is 0.262 e. The van der Waals surface area contributed by atoms with E-state index in [0.29, 0.717) is 33.8 Å². The first-order valence-corrected chi connectivity index (χ1v) is 8.83. The predicted molar refractivity (Wildman–Crippen MR) is 105 cm³/mol. The van der Waals surface area contributed by atoms with Crippen molar-refractivity contribution < 1.29 is 14.3 Å². The molecule has 1 heterocycles. The maximum atomic E-state index is 12.0. The number of nitrogens with zero attached hydrogens (tertiary/aromatic N) is 2. The third kappa shape index (κ3) is 5.39. The molecule has 0 spiro atoms. The summed E-state index contributed by atoms with van der Waals surface area (Å²) in [6.07, 6.45) is 3.58. The van der Waals surface area contributed by atoms with Gasteiger partial charge in [-0.3, -0.25) is 4.79 Å². The highest BCUT2D eigenvalue weighted by Crippen LogP contribution is 2.26. The van der Waals surface area contributed by atoms with Crippen LogP contribution in [0.25, 0.3) is 0 Å². The van der Waals surface area contributed by atoms with E-state index < -0.39 is 0 Å². The van der Waals surface area contributed by atoms with E-state index in [4.69, 9.17) is 32.7 Å². The van der Waals surface area contributed by atoms with E-state index in [9.17, 15) is 4.79 Å². The summed E-state index contributed by atoms with van der Waals surface area (Å²) in [6, 6.07) is 11.9.